The van der Waals surface area contributed by atoms with Crippen LogP contribution in [0.2, 0.25) is 0 Å². The van der Waals surface area contributed by atoms with Gasteiger partial charge in [0, 0.05) is 0 Å². The molecule has 0 aromatic carbocycles. The zero-order valence-corrected chi connectivity index (χ0v) is 7.69. The molecule has 1 saturated carbocycles. The predicted octanol–water partition coefficient (Wildman–Crippen LogP) is 1.02. The zero-order valence-electron chi connectivity index (χ0n) is 6.88. The fourth-order valence-electron chi connectivity index (χ4n) is 2.33. The van der Waals surface area contributed by atoms with Gasteiger partial charge in [0.15, 0.2) is 0 Å². The second-order valence-corrected chi connectivity index (χ2v) is 3.73. The molecule has 2 N–H and O–H groups in total. The highest BCUT2D eigenvalue weighted by Gasteiger charge is 2.47. The Labute approximate surface area is 77.9 Å². The summed E-state index contributed by atoms with van der Waals surface area (Å²) < 4.78 is 0. The smallest absolute Gasteiger partial charge is 0.323 e. The predicted molar refractivity (Wildman–Crippen MR) is 47.6 cm³/mol. The first kappa shape index (κ1) is 9.81. The molecule has 0 aromatic heterocycles. The quantitative estimate of drug-likeness (QED) is 0.651. The number of fused-ring (bicyclic) bond motifs is 2. The molecule has 2 bridgehead atoms. The van der Waals surface area contributed by atoms with E-state index in [9.17, 15) is 4.79 Å². The second-order valence-electron chi connectivity index (χ2n) is 3.73. The van der Waals surface area contributed by atoms with E-state index in [4.69, 9.17) is 5.11 Å². The maximum Gasteiger partial charge on any atom is 0.323 e. The van der Waals surface area contributed by atoms with E-state index in [0.717, 1.165) is 25.8 Å². The van der Waals surface area contributed by atoms with Crippen molar-refractivity contribution < 1.29 is 9.90 Å². The van der Waals surface area contributed by atoms with Crippen molar-refractivity contribution in [3.05, 3.63) is 0 Å². The molecule has 1 heterocycles. The number of hydrogen-bond donors (Lipinski definition) is 2. The highest BCUT2D eigenvalue weighted by molar-refractivity contribution is 5.85. The van der Waals surface area contributed by atoms with Gasteiger partial charge >= 0.3 is 5.97 Å². The van der Waals surface area contributed by atoms with Gasteiger partial charge in [0.05, 0.1) is 0 Å². The first-order valence-electron chi connectivity index (χ1n) is 4.21. The largest absolute Gasteiger partial charge is 0.480 e. The molecule has 0 unspecified atom stereocenters. The highest BCUT2D eigenvalue weighted by Crippen LogP contribution is 2.37. The van der Waals surface area contributed by atoms with Crippen LogP contribution >= 0.6 is 12.4 Å². The van der Waals surface area contributed by atoms with Gasteiger partial charge in [0.2, 0.25) is 0 Å². The van der Waals surface area contributed by atoms with Crippen molar-refractivity contribution >= 4 is 18.4 Å². The Hall–Kier alpha value is -0.280. The first-order chi connectivity index (χ1) is 5.23. The Morgan fingerprint density at radius 1 is 1.58 bits per heavy atom. The van der Waals surface area contributed by atoms with Crippen molar-refractivity contribution in [1.29, 1.82) is 0 Å². The van der Waals surface area contributed by atoms with Crippen LogP contribution in [0.1, 0.15) is 25.7 Å². The van der Waals surface area contributed by atoms with Gasteiger partial charge in [0.1, 0.15) is 5.54 Å². The highest BCUT2D eigenvalue weighted by atomic mass is 35.5. The summed E-state index contributed by atoms with van der Waals surface area (Å²) in [6.07, 6.45) is 3.95. The molecule has 70 valence electrons. The van der Waals surface area contributed by atoms with Gasteiger partial charge in [0.25, 0.3) is 0 Å². The third kappa shape index (κ3) is 1.31. The van der Waals surface area contributed by atoms with Crippen LogP contribution in [0.3, 0.4) is 0 Å². The number of aliphatic carboxylic acids is 1. The van der Waals surface area contributed by atoms with E-state index < -0.39 is 11.5 Å². The van der Waals surface area contributed by atoms with Crippen LogP contribution in [0.5, 0.6) is 0 Å². The van der Waals surface area contributed by atoms with Gasteiger partial charge in [-0.25, -0.2) is 0 Å². The molecular weight excluding hydrogens is 178 g/mol. The summed E-state index contributed by atoms with van der Waals surface area (Å²) in [7, 11) is 0. The summed E-state index contributed by atoms with van der Waals surface area (Å²) in [6, 6.07) is 0. The average Bonchev–Trinajstić information content (AvgIpc) is 2.29. The SMILES string of the molecule is Cl.O=C(O)[C@]12CCC[C@H](CN1)C2. The summed E-state index contributed by atoms with van der Waals surface area (Å²) in [6.45, 7) is 0.909. The summed E-state index contributed by atoms with van der Waals surface area (Å²) in [4.78, 5) is 10.9. The van der Waals surface area contributed by atoms with Gasteiger partial charge < -0.3 is 10.4 Å². The van der Waals surface area contributed by atoms with E-state index in [0.29, 0.717) is 5.92 Å². The lowest BCUT2D eigenvalue weighted by atomic mass is 9.80. The molecule has 3 nitrogen and oxygen atoms in total. The molecule has 0 aromatic rings. The topological polar surface area (TPSA) is 49.3 Å². The van der Waals surface area contributed by atoms with Crippen molar-refractivity contribution in [3.8, 4) is 0 Å². The third-order valence-electron chi connectivity index (χ3n) is 2.99. The van der Waals surface area contributed by atoms with Gasteiger partial charge in [-0.2, -0.15) is 0 Å². The summed E-state index contributed by atoms with van der Waals surface area (Å²) in [5.41, 5.74) is -0.539. The zero-order chi connectivity index (χ0) is 7.90. The summed E-state index contributed by atoms with van der Waals surface area (Å²) in [5.74, 6) is -0.0282. The molecule has 0 radical (unpaired) electrons. The summed E-state index contributed by atoms with van der Waals surface area (Å²) in [5, 5.41) is 12.1. The molecule has 1 aliphatic carbocycles. The van der Waals surface area contributed by atoms with Crippen molar-refractivity contribution in [1.82, 2.24) is 5.32 Å². The molecule has 1 aliphatic heterocycles. The lowest BCUT2D eigenvalue weighted by Crippen LogP contribution is -2.47. The minimum absolute atomic E-state index is 0. The molecule has 0 spiro atoms. The van der Waals surface area contributed by atoms with Crippen LogP contribution in [-0.4, -0.2) is 23.2 Å². The number of carboxylic acid groups (broad SMARTS) is 1. The molecule has 4 heteroatoms. The van der Waals surface area contributed by atoms with E-state index in [1.165, 1.54) is 6.42 Å². The van der Waals surface area contributed by atoms with Crippen molar-refractivity contribution in [3.63, 3.8) is 0 Å². The van der Waals surface area contributed by atoms with E-state index in [1.807, 2.05) is 0 Å². The van der Waals surface area contributed by atoms with Crippen LogP contribution in [0, 0.1) is 5.92 Å². The van der Waals surface area contributed by atoms with Crippen LogP contribution in [0.15, 0.2) is 0 Å². The van der Waals surface area contributed by atoms with Crippen molar-refractivity contribution in [2.45, 2.75) is 31.2 Å². The van der Waals surface area contributed by atoms with Crippen LogP contribution in [-0.2, 0) is 4.79 Å². The Balaban J connectivity index is 0.000000720. The Morgan fingerprint density at radius 3 is 2.92 bits per heavy atom. The number of hydrogen-bond acceptors (Lipinski definition) is 2. The molecule has 1 saturated heterocycles. The van der Waals surface area contributed by atoms with Gasteiger partial charge in [-0.05, 0) is 31.7 Å². The molecule has 2 fully saturated rings. The van der Waals surface area contributed by atoms with E-state index in [-0.39, 0.29) is 12.4 Å². The number of carbonyl (C=O) groups is 1. The lowest BCUT2D eigenvalue weighted by Gasteiger charge is -2.27. The molecule has 2 rings (SSSR count). The van der Waals surface area contributed by atoms with Gasteiger partial charge in [-0.1, -0.05) is 6.42 Å². The maximum atomic E-state index is 10.9. The Morgan fingerprint density at radius 2 is 2.33 bits per heavy atom. The Bertz CT molecular complexity index is 193. The van der Waals surface area contributed by atoms with Crippen molar-refractivity contribution in [2.75, 3.05) is 6.54 Å². The fraction of sp³-hybridized carbons (Fsp3) is 0.875. The first-order valence-corrected chi connectivity index (χ1v) is 4.21. The van der Waals surface area contributed by atoms with E-state index in [1.54, 1.807) is 0 Å². The maximum absolute atomic E-state index is 10.9. The third-order valence-corrected chi connectivity index (χ3v) is 2.99. The van der Waals surface area contributed by atoms with Crippen molar-refractivity contribution in [2.24, 2.45) is 5.92 Å². The minimum Gasteiger partial charge on any atom is -0.480 e. The standard InChI is InChI=1S/C8H13NO2.ClH/c10-7(11)8-3-1-2-6(4-8)5-9-8;/h6,9H,1-5H2,(H,10,11);1H/t6-,8+;/m0./s1. The van der Waals surface area contributed by atoms with Crippen LogP contribution in [0.4, 0.5) is 0 Å². The van der Waals surface area contributed by atoms with Gasteiger partial charge in [-0.3, -0.25) is 4.79 Å². The van der Waals surface area contributed by atoms with Crippen LogP contribution in [0.25, 0.3) is 0 Å². The second kappa shape index (κ2) is 3.23. The summed E-state index contributed by atoms with van der Waals surface area (Å²) >= 11 is 0. The monoisotopic (exact) mass is 191 g/mol. The lowest BCUT2D eigenvalue weighted by molar-refractivity contribution is -0.145. The average molecular weight is 192 g/mol. The van der Waals surface area contributed by atoms with E-state index in [2.05, 4.69) is 5.32 Å². The molecule has 12 heavy (non-hydrogen) atoms. The van der Waals surface area contributed by atoms with Crippen LogP contribution < -0.4 is 5.32 Å². The fourth-order valence-corrected chi connectivity index (χ4v) is 2.33. The number of rotatable bonds is 1. The molecule has 0 amide bonds. The van der Waals surface area contributed by atoms with Gasteiger partial charge in [-0.15, -0.1) is 12.4 Å². The number of carboxylic acids is 1. The molecule has 2 aliphatic rings. The molecular formula is C8H14ClNO2. The Kier molecular flexibility index (Phi) is 2.64. The minimum atomic E-state index is -0.653. The number of nitrogens with one attached hydrogen (secondary N) is 1. The normalized spacial score (nSPS) is 38.8. The number of halogens is 1. The van der Waals surface area contributed by atoms with E-state index >= 15 is 0 Å². The molecule has 2 atom stereocenters.